The molecule has 5 heteroatoms. The van der Waals surface area contributed by atoms with Crippen LogP contribution in [0, 0.1) is 0 Å². The van der Waals surface area contributed by atoms with Crippen LogP contribution >= 0.6 is 39.9 Å². The van der Waals surface area contributed by atoms with E-state index in [1.165, 1.54) is 11.8 Å². The van der Waals surface area contributed by atoms with Crippen LogP contribution in [0.15, 0.2) is 64.0 Å². The minimum atomic E-state index is -0.0752. The molecule has 2 aromatic carbocycles. The van der Waals surface area contributed by atoms with Crippen molar-refractivity contribution in [1.29, 1.82) is 0 Å². The molecule has 23 heavy (non-hydrogen) atoms. The van der Waals surface area contributed by atoms with Gasteiger partial charge >= 0.3 is 0 Å². The summed E-state index contributed by atoms with van der Waals surface area (Å²) in [6, 6.07) is 17.7. The molecule has 1 fully saturated rings. The lowest BCUT2D eigenvalue weighted by molar-refractivity contribution is -0.123. The Bertz CT molecular complexity index is 789. The second-order valence-electron chi connectivity index (χ2n) is 5.16. The number of carbonyl (C=O) groups is 1. The molecule has 0 aliphatic carbocycles. The third-order valence-electron chi connectivity index (χ3n) is 3.68. The largest absolute Gasteiger partial charge is 0.286 e. The third kappa shape index (κ3) is 3.42. The summed E-state index contributed by atoms with van der Waals surface area (Å²) in [5.74, 6) is -0.0351. The van der Waals surface area contributed by atoms with Crippen molar-refractivity contribution < 1.29 is 4.79 Å². The lowest BCUT2D eigenvalue weighted by atomic mass is 10.1. The second kappa shape index (κ2) is 6.99. The number of benzene rings is 2. The minimum absolute atomic E-state index is 0.0351. The molecule has 0 saturated carbocycles. The van der Waals surface area contributed by atoms with Gasteiger partial charge in [0.15, 0.2) is 0 Å². The van der Waals surface area contributed by atoms with Crippen LogP contribution in [-0.2, 0) is 4.79 Å². The van der Waals surface area contributed by atoms with E-state index in [4.69, 9.17) is 12.2 Å². The summed E-state index contributed by atoms with van der Waals surface area (Å²) in [7, 11) is 0. The maximum absolute atomic E-state index is 12.8. The Morgan fingerprint density at radius 3 is 2.48 bits per heavy atom. The van der Waals surface area contributed by atoms with Crippen molar-refractivity contribution in [2.24, 2.45) is 0 Å². The maximum atomic E-state index is 12.8. The predicted molar refractivity (Wildman–Crippen MR) is 104 cm³/mol. The number of amides is 1. The molecular formula is C18H14BrNOS2. The number of nitrogens with zero attached hydrogens (tertiary/aromatic N) is 1. The van der Waals surface area contributed by atoms with E-state index in [9.17, 15) is 4.79 Å². The quantitative estimate of drug-likeness (QED) is 0.504. The van der Waals surface area contributed by atoms with Gasteiger partial charge < -0.3 is 0 Å². The van der Waals surface area contributed by atoms with E-state index in [1.54, 1.807) is 4.90 Å². The number of carbonyl (C=O) groups excluding carboxylic acids is 1. The van der Waals surface area contributed by atoms with Crippen molar-refractivity contribution in [3.05, 3.63) is 75.1 Å². The van der Waals surface area contributed by atoms with Crippen molar-refractivity contribution in [1.82, 2.24) is 4.90 Å². The van der Waals surface area contributed by atoms with Gasteiger partial charge in [0.25, 0.3) is 5.91 Å². The van der Waals surface area contributed by atoms with Crippen LogP contribution in [-0.4, -0.2) is 15.1 Å². The first kappa shape index (κ1) is 16.4. The van der Waals surface area contributed by atoms with Gasteiger partial charge in [-0.15, -0.1) is 0 Å². The molecule has 0 spiro atoms. The summed E-state index contributed by atoms with van der Waals surface area (Å²) < 4.78 is 1.56. The van der Waals surface area contributed by atoms with Gasteiger partial charge in [0, 0.05) is 4.47 Å². The molecule has 0 unspecified atom stereocenters. The molecule has 0 radical (unpaired) electrons. The normalized spacial score (nSPS) is 17.8. The monoisotopic (exact) mass is 403 g/mol. The van der Waals surface area contributed by atoms with Gasteiger partial charge in [-0.1, -0.05) is 88.4 Å². The van der Waals surface area contributed by atoms with E-state index in [0.29, 0.717) is 9.23 Å². The van der Waals surface area contributed by atoms with Crippen LogP contribution in [0.3, 0.4) is 0 Å². The summed E-state index contributed by atoms with van der Waals surface area (Å²) in [6.45, 7) is 2.00. The number of hydrogen-bond donors (Lipinski definition) is 0. The predicted octanol–water partition coefficient (Wildman–Crippen LogP) is 5.41. The number of halogens is 1. The van der Waals surface area contributed by atoms with Crippen LogP contribution < -0.4 is 0 Å². The SMILES string of the molecule is C[C@@H](c1ccccc1)N1C(=O)/C(=C/c2ccccc2Br)SC1=S. The molecule has 1 heterocycles. The highest BCUT2D eigenvalue weighted by Gasteiger charge is 2.35. The molecule has 1 amide bonds. The summed E-state index contributed by atoms with van der Waals surface area (Å²) in [5, 5.41) is 0. The Kier molecular flexibility index (Phi) is 4.99. The van der Waals surface area contributed by atoms with Gasteiger partial charge in [-0.3, -0.25) is 9.69 Å². The van der Waals surface area contributed by atoms with Crippen molar-refractivity contribution in [2.45, 2.75) is 13.0 Å². The smallest absolute Gasteiger partial charge is 0.266 e. The molecular weight excluding hydrogens is 390 g/mol. The van der Waals surface area contributed by atoms with Crippen LogP contribution in [0.5, 0.6) is 0 Å². The number of thiocarbonyl (C=S) groups is 1. The number of thioether (sulfide) groups is 1. The van der Waals surface area contributed by atoms with E-state index in [0.717, 1.165) is 15.6 Å². The number of rotatable bonds is 3. The van der Waals surface area contributed by atoms with Crippen LogP contribution in [0.4, 0.5) is 0 Å². The Labute approximate surface area is 153 Å². The van der Waals surface area contributed by atoms with Crippen molar-refractivity contribution in [3.8, 4) is 0 Å². The molecule has 0 N–H and O–H groups in total. The minimum Gasteiger partial charge on any atom is -0.286 e. The number of hydrogen-bond acceptors (Lipinski definition) is 3. The van der Waals surface area contributed by atoms with Crippen LogP contribution in [0.2, 0.25) is 0 Å². The second-order valence-corrected chi connectivity index (χ2v) is 7.69. The van der Waals surface area contributed by atoms with E-state index in [2.05, 4.69) is 15.9 Å². The molecule has 0 aromatic heterocycles. The molecule has 1 aliphatic rings. The lowest BCUT2D eigenvalue weighted by Crippen LogP contribution is -2.30. The first-order valence-corrected chi connectivity index (χ1v) is 9.16. The van der Waals surface area contributed by atoms with Crippen LogP contribution in [0.1, 0.15) is 24.1 Å². The van der Waals surface area contributed by atoms with Gasteiger partial charge in [0.1, 0.15) is 4.32 Å². The average molecular weight is 404 g/mol. The van der Waals surface area contributed by atoms with E-state index in [-0.39, 0.29) is 11.9 Å². The van der Waals surface area contributed by atoms with Crippen molar-refractivity contribution in [2.75, 3.05) is 0 Å². The Balaban J connectivity index is 1.90. The maximum Gasteiger partial charge on any atom is 0.266 e. The Morgan fingerprint density at radius 1 is 1.13 bits per heavy atom. The molecule has 2 aromatic rings. The molecule has 1 atom stereocenters. The summed E-state index contributed by atoms with van der Waals surface area (Å²) >= 11 is 10.3. The van der Waals surface area contributed by atoms with Gasteiger partial charge in [-0.05, 0) is 30.2 Å². The average Bonchev–Trinajstić information content (AvgIpc) is 2.84. The van der Waals surface area contributed by atoms with E-state index < -0.39 is 0 Å². The molecule has 3 rings (SSSR count). The first-order chi connectivity index (χ1) is 11.1. The fraction of sp³-hybridized carbons (Fsp3) is 0.111. The van der Waals surface area contributed by atoms with E-state index in [1.807, 2.05) is 67.6 Å². The third-order valence-corrected chi connectivity index (χ3v) is 5.74. The van der Waals surface area contributed by atoms with Gasteiger partial charge in [0.05, 0.1) is 10.9 Å². The molecule has 2 nitrogen and oxygen atoms in total. The first-order valence-electron chi connectivity index (χ1n) is 7.14. The Hall–Kier alpha value is -1.43. The summed E-state index contributed by atoms with van der Waals surface area (Å²) in [5.41, 5.74) is 2.05. The standard InChI is InChI=1S/C18H14BrNOS2/c1-12(13-7-3-2-4-8-13)20-17(21)16(23-18(20)22)11-14-9-5-6-10-15(14)19/h2-12H,1H3/b16-11-/t12-/m0/s1. The van der Waals surface area contributed by atoms with Gasteiger partial charge in [-0.25, -0.2) is 0 Å². The lowest BCUT2D eigenvalue weighted by Gasteiger charge is -2.23. The zero-order valence-corrected chi connectivity index (χ0v) is 15.6. The zero-order chi connectivity index (χ0) is 16.4. The molecule has 116 valence electrons. The van der Waals surface area contributed by atoms with Gasteiger partial charge in [0.2, 0.25) is 0 Å². The highest BCUT2D eigenvalue weighted by atomic mass is 79.9. The summed E-state index contributed by atoms with van der Waals surface area (Å²) in [6.07, 6.45) is 1.89. The van der Waals surface area contributed by atoms with Crippen molar-refractivity contribution in [3.63, 3.8) is 0 Å². The fourth-order valence-electron chi connectivity index (χ4n) is 2.43. The molecule has 1 aliphatic heterocycles. The molecule has 0 bridgehead atoms. The topological polar surface area (TPSA) is 20.3 Å². The highest BCUT2D eigenvalue weighted by Crippen LogP contribution is 2.38. The van der Waals surface area contributed by atoms with Crippen molar-refractivity contribution >= 4 is 56.2 Å². The summed E-state index contributed by atoms with van der Waals surface area (Å²) in [4.78, 5) is 15.1. The Morgan fingerprint density at radius 2 is 1.78 bits per heavy atom. The molecule has 1 saturated heterocycles. The van der Waals surface area contributed by atoms with Gasteiger partial charge in [-0.2, -0.15) is 0 Å². The van der Waals surface area contributed by atoms with E-state index >= 15 is 0 Å². The zero-order valence-electron chi connectivity index (χ0n) is 12.4. The highest BCUT2D eigenvalue weighted by molar-refractivity contribution is 9.10. The van der Waals surface area contributed by atoms with Crippen LogP contribution in [0.25, 0.3) is 6.08 Å². The fourth-order valence-corrected chi connectivity index (χ4v) is 4.24.